The molecular weight excluding hydrogens is 304 g/mol. The third-order valence-electron chi connectivity index (χ3n) is 5.74. The van der Waals surface area contributed by atoms with Crippen molar-refractivity contribution in [2.45, 2.75) is 71.3 Å². The van der Waals surface area contributed by atoms with E-state index < -0.39 is 0 Å². The lowest BCUT2D eigenvalue weighted by Gasteiger charge is -2.24. The van der Waals surface area contributed by atoms with E-state index in [0.29, 0.717) is 12.0 Å². The summed E-state index contributed by atoms with van der Waals surface area (Å²) >= 11 is 0. The fourth-order valence-corrected chi connectivity index (χ4v) is 4.10. The SMILES string of the molecule is CC(C)CCN(C(=O)CCN1C(=O)C2CCCCC2C1=O)C1CC1. The van der Waals surface area contributed by atoms with E-state index in [4.69, 9.17) is 0 Å². The number of imide groups is 1. The van der Waals surface area contributed by atoms with Crippen LogP contribution in [-0.2, 0) is 14.4 Å². The fourth-order valence-electron chi connectivity index (χ4n) is 4.10. The lowest BCUT2D eigenvalue weighted by atomic mass is 9.81. The van der Waals surface area contributed by atoms with Crippen molar-refractivity contribution in [1.29, 1.82) is 0 Å². The van der Waals surface area contributed by atoms with E-state index in [1.54, 1.807) is 0 Å². The number of fused-ring (bicyclic) bond motifs is 1. The Bertz CT molecular complexity index is 489. The largest absolute Gasteiger partial charge is 0.340 e. The van der Waals surface area contributed by atoms with Gasteiger partial charge in [0.25, 0.3) is 0 Å². The van der Waals surface area contributed by atoms with Crippen molar-refractivity contribution in [1.82, 2.24) is 9.80 Å². The van der Waals surface area contributed by atoms with Gasteiger partial charge in [-0.05, 0) is 38.0 Å². The number of carbonyl (C=O) groups is 3. The van der Waals surface area contributed by atoms with E-state index in [0.717, 1.165) is 51.5 Å². The maximum absolute atomic E-state index is 12.6. The number of rotatable bonds is 7. The summed E-state index contributed by atoms with van der Waals surface area (Å²) in [4.78, 5) is 40.9. The molecule has 5 nitrogen and oxygen atoms in total. The highest BCUT2D eigenvalue weighted by Crippen LogP contribution is 2.38. The molecule has 134 valence electrons. The number of likely N-dealkylation sites (tertiary alicyclic amines) is 1. The smallest absolute Gasteiger partial charge is 0.233 e. The van der Waals surface area contributed by atoms with Gasteiger partial charge in [0.05, 0.1) is 11.8 Å². The number of hydrogen-bond donors (Lipinski definition) is 0. The Labute approximate surface area is 144 Å². The molecule has 2 saturated carbocycles. The van der Waals surface area contributed by atoms with Crippen LogP contribution in [0.5, 0.6) is 0 Å². The fraction of sp³-hybridized carbons (Fsp3) is 0.842. The van der Waals surface area contributed by atoms with Crippen LogP contribution in [0.4, 0.5) is 0 Å². The Kier molecular flexibility index (Phi) is 5.26. The Morgan fingerprint density at radius 2 is 1.67 bits per heavy atom. The molecule has 0 spiro atoms. The molecule has 3 amide bonds. The molecule has 1 heterocycles. The van der Waals surface area contributed by atoms with Gasteiger partial charge in [0.1, 0.15) is 0 Å². The molecule has 2 atom stereocenters. The summed E-state index contributed by atoms with van der Waals surface area (Å²) in [6.07, 6.45) is 7.23. The summed E-state index contributed by atoms with van der Waals surface area (Å²) in [6, 6.07) is 0.392. The third-order valence-corrected chi connectivity index (χ3v) is 5.74. The van der Waals surface area contributed by atoms with Gasteiger partial charge in [-0.15, -0.1) is 0 Å². The minimum absolute atomic E-state index is 0.0300. The molecule has 3 rings (SSSR count). The van der Waals surface area contributed by atoms with Crippen molar-refractivity contribution in [2.24, 2.45) is 17.8 Å². The second-order valence-corrected chi connectivity index (χ2v) is 8.08. The minimum Gasteiger partial charge on any atom is -0.340 e. The molecule has 2 unspecified atom stereocenters. The molecule has 3 fully saturated rings. The Morgan fingerprint density at radius 3 is 2.17 bits per heavy atom. The van der Waals surface area contributed by atoms with E-state index in [1.165, 1.54) is 4.90 Å². The van der Waals surface area contributed by atoms with Gasteiger partial charge < -0.3 is 4.90 Å². The van der Waals surface area contributed by atoms with Gasteiger partial charge in [-0.25, -0.2) is 0 Å². The summed E-state index contributed by atoms with van der Waals surface area (Å²) in [5.74, 6) is 0.400. The predicted molar refractivity (Wildman–Crippen MR) is 91.0 cm³/mol. The molecule has 2 aliphatic carbocycles. The lowest BCUT2D eigenvalue weighted by molar-refractivity contribution is -0.141. The van der Waals surface area contributed by atoms with Crippen molar-refractivity contribution in [3.63, 3.8) is 0 Å². The quantitative estimate of drug-likeness (QED) is 0.673. The van der Waals surface area contributed by atoms with Crippen molar-refractivity contribution in [3.05, 3.63) is 0 Å². The predicted octanol–water partition coefficient (Wildman–Crippen LogP) is 2.59. The first-order chi connectivity index (χ1) is 11.5. The Morgan fingerprint density at radius 1 is 1.08 bits per heavy atom. The molecule has 0 radical (unpaired) electrons. The summed E-state index contributed by atoms with van der Waals surface area (Å²) in [5, 5.41) is 0. The van der Waals surface area contributed by atoms with Crippen LogP contribution in [0.2, 0.25) is 0 Å². The van der Waals surface area contributed by atoms with Gasteiger partial charge in [0.15, 0.2) is 0 Å². The van der Waals surface area contributed by atoms with Gasteiger partial charge in [0, 0.05) is 25.6 Å². The first-order valence-electron chi connectivity index (χ1n) is 9.63. The van der Waals surface area contributed by atoms with Gasteiger partial charge in [0.2, 0.25) is 17.7 Å². The normalized spacial score (nSPS) is 26.9. The van der Waals surface area contributed by atoms with Crippen LogP contribution < -0.4 is 0 Å². The second-order valence-electron chi connectivity index (χ2n) is 8.08. The highest BCUT2D eigenvalue weighted by Gasteiger charge is 2.48. The zero-order valence-electron chi connectivity index (χ0n) is 15.0. The lowest BCUT2D eigenvalue weighted by Crippen LogP contribution is -2.39. The average molecular weight is 334 g/mol. The van der Waals surface area contributed by atoms with Crippen LogP contribution in [0, 0.1) is 17.8 Å². The van der Waals surface area contributed by atoms with E-state index >= 15 is 0 Å². The summed E-state index contributed by atoms with van der Waals surface area (Å²) in [6.45, 7) is 5.40. The van der Waals surface area contributed by atoms with Crippen LogP contribution >= 0.6 is 0 Å². The van der Waals surface area contributed by atoms with E-state index in [9.17, 15) is 14.4 Å². The molecule has 24 heavy (non-hydrogen) atoms. The van der Waals surface area contributed by atoms with Gasteiger partial charge in [-0.1, -0.05) is 26.7 Å². The zero-order valence-corrected chi connectivity index (χ0v) is 15.0. The Hall–Kier alpha value is -1.39. The monoisotopic (exact) mass is 334 g/mol. The molecule has 0 aromatic rings. The van der Waals surface area contributed by atoms with Gasteiger partial charge in [-0.3, -0.25) is 19.3 Å². The van der Waals surface area contributed by atoms with E-state index in [-0.39, 0.29) is 42.5 Å². The van der Waals surface area contributed by atoms with Gasteiger partial charge in [-0.2, -0.15) is 0 Å². The van der Waals surface area contributed by atoms with Gasteiger partial charge >= 0.3 is 0 Å². The highest BCUT2D eigenvalue weighted by atomic mass is 16.2. The van der Waals surface area contributed by atoms with E-state index in [1.807, 2.05) is 4.90 Å². The number of carbonyl (C=O) groups excluding carboxylic acids is 3. The molecule has 0 N–H and O–H groups in total. The number of amides is 3. The second kappa shape index (κ2) is 7.24. The maximum Gasteiger partial charge on any atom is 0.233 e. The molecule has 3 aliphatic rings. The molecule has 0 bridgehead atoms. The van der Waals surface area contributed by atoms with Crippen molar-refractivity contribution < 1.29 is 14.4 Å². The molecule has 1 aliphatic heterocycles. The third kappa shape index (κ3) is 3.65. The molecule has 1 saturated heterocycles. The highest BCUT2D eigenvalue weighted by molar-refractivity contribution is 6.05. The van der Waals surface area contributed by atoms with E-state index in [2.05, 4.69) is 13.8 Å². The van der Waals surface area contributed by atoms with Crippen LogP contribution in [-0.4, -0.2) is 46.7 Å². The summed E-state index contributed by atoms with van der Waals surface area (Å²) in [5.41, 5.74) is 0. The first-order valence-corrected chi connectivity index (χ1v) is 9.63. The van der Waals surface area contributed by atoms with Crippen molar-refractivity contribution in [2.75, 3.05) is 13.1 Å². The summed E-state index contributed by atoms with van der Waals surface area (Å²) < 4.78 is 0. The van der Waals surface area contributed by atoms with Crippen molar-refractivity contribution >= 4 is 17.7 Å². The van der Waals surface area contributed by atoms with Crippen LogP contribution in [0.25, 0.3) is 0 Å². The van der Waals surface area contributed by atoms with Crippen LogP contribution in [0.1, 0.15) is 65.2 Å². The minimum atomic E-state index is -0.109. The van der Waals surface area contributed by atoms with Crippen molar-refractivity contribution in [3.8, 4) is 0 Å². The number of nitrogens with zero attached hydrogens (tertiary/aromatic N) is 2. The number of hydrogen-bond acceptors (Lipinski definition) is 3. The Balaban J connectivity index is 1.55. The van der Waals surface area contributed by atoms with Crippen LogP contribution in [0.3, 0.4) is 0 Å². The molecular formula is C19H30N2O3. The topological polar surface area (TPSA) is 57.7 Å². The molecule has 5 heteroatoms. The maximum atomic E-state index is 12.6. The zero-order chi connectivity index (χ0) is 17.3. The van der Waals surface area contributed by atoms with Crippen LogP contribution in [0.15, 0.2) is 0 Å². The molecule has 0 aromatic carbocycles. The summed E-state index contributed by atoms with van der Waals surface area (Å²) in [7, 11) is 0. The average Bonchev–Trinajstić information content (AvgIpc) is 3.35. The standard InChI is InChI=1S/C19H30N2O3/c1-13(2)9-11-20(14-7-8-14)17(22)10-12-21-18(23)15-5-3-4-6-16(15)19(21)24/h13-16H,3-12H2,1-2H3. The molecule has 0 aromatic heterocycles. The first kappa shape index (κ1) is 17.4.